The number of hydrogen-bond donors (Lipinski definition) is 1. The molecule has 0 spiro atoms. The van der Waals surface area contributed by atoms with Crippen LogP contribution in [0.5, 0.6) is 0 Å². The Hall–Kier alpha value is -2.70. The third-order valence-corrected chi connectivity index (χ3v) is 6.49. The predicted molar refractivity (Wildman–Crippen MR) is 118 cm³/mol. The van der Waals surface area contributed by atoms with Crippen LogP contribution in [0.1, 0.15) is 17.3 Å². The molecule has 0 saturated carbocycles. The van der Waals surface area contributed by atoms with Crippen molar-refractivity contribution in [1.82, 2.24) is 10.2 Å². The second-order valence-electron chi connectivity index (χ2n) is 7.64. The molecular weight excluding hydrogens is 382 g/mol. The van der Waals surface area contributed by atoms with E-state index in [9.17, 15) is 9.59 Å². The third-order valence-electron chi connectivity index (χ3n) is 5.52. The lowest BCUT2D eigenvalue weighted by atomic mass is 10.1. The standard InChI is InChI=1S/C23H25N3O2S/c1-25(2)20(21-11-6-12-29-21)14-24-23(28)17-13-22(27)26(15-17)19-10-5-8-16-7-3-4-9-18(16)19/h3-12,17,20H,13-15H2,1-2H3,(H,24,28). The number of hydrogen-bond acceptors (Lipinski definition) is 4. The van der Waals surface area contributed by atoms with Crippen LogP contribution in [0.15, 0.2) is 60.0 Å². The van der Waals surface area contributed by atoms with Crippen molar-refractivity contribution < 1.29 is 9.59 Å². The van der Waals surface area contributed by atoms with Gasteiger partial charge in [-0.1, -0.05) is 42.5 Å². The molecule has 4 rings (SSSR count). The smallest absolute Gasteiger partial charge is 0.227 e. The Labute approximate surface area is 174 Å². The zero-order valence-corrected chi connectivity index (χ0v) is 17.5. The molecule has 2 aromatic carbocycles. The molecule has 1 aliphatic rings. The third kappa shape index (κ3) is 4.04. The summed E-state index contributed by atoms with van der Waals surface area (Å²) in [6.45, 7) is 0.954. The number of thiophene rings is 1. The van der Waals surface area contributed by atoms with E-state index in [4.69, 9.17) is 0 Å². The minimum absolute atomic E-state index is 0.00363. The first-order chi connectivity index (χ1) is 14.0. The Morgan fingerprint density at radius 2 is 1.97 bits per heavy atom. The summed E-state index contributed by atoms with van der Waals surface area (Å²) in [7, 11) is 4.02. The number of carbonyl (C=O) groups is 2. The zero-order chi connectivity index (χ0) is 20.4. The summed E-state index contributed by atoms with van der Waals surface area (Å²) < 4.78 is 0. The maximum atomic E-state index is 12.8. The fraction of sp³-hybridized carbons (Fsp3) is 0.304. The van der Waals surface area contributed by atoms with Crippen LogP contribution in [0, 0.1) is 5.92 Å². The molecule has 2 unspecified atom stereocenters. The maximum absolute atomic E-state index is 12.8. The molecule has 1 aliphatic heterocycles. The largest absolute Gasteiger partial charge is 0.354 e. The molecule has 0 aliphatic carbocycles. The van der Waals surface area contributed by atoms with Gasteiger partial charge in [0, 0.05) is 29.8 Å². The Bertz CT molecular complexity index is 1010. The summed E-state index contributed by atoms with van der Waals surface area (Å²) in [5.74, 6) is -0.374. The van der Waals surface area contributed by atoms with Gasteiger partial charge >= 0.3 is 0 Å². The van der Waals surface area contributed by atoms with Crippen LogP contribution >= 0.6 is 11.3 Å². The van der Waals surface area contributed by atoms with Crippen LogP contribution in [-0.4, -0.2) is 43.9 Å². The number of nitrogens with one attached hydrogen (secondary N) is 1. The highest BCUT2D eigenvalue weighted by molar-refractivity contribution is 7.10. The van der Waals surface area contributed by atoms with Gasteiger partial charge in [-0.2, -0.15) is 0 Å². The highest BCUT2D eigenvalue weighted by atomic mass is 32.1. The van der Waals surface area contributed by atoms with Crippen molar-refractivity contribution in [2.75, 3.05) is 32.1 Å². The van der Waals surface area contributed by atoms with Crippen LogP contribution < -0.4 is 10.2 Å². The Kier molecular flexibility index (Phi) is 5.65. The van der Waals surface area contributed by atoms with Crippen molar-refractivity contribution in [1.29, 1.82) is 0 Å². The normalized spacial score (nSPS) is 17.8. The van der Waals surface area contributed by atoms with E-state index >= 15 is 0 Å². The highest BCUT2D eigenvalue weighted by Gasteiger charge is 2.36. The second kappa shape index (κ2) is 8.35. The van der Waals surface area contributed by atoms with Gasteiger partial charge in [0.1, 0.15) is 0 Å². The Morgan fingerprint density at radius 1 is 1.17 bits per heavy atom. The van der Waals surface area contributed by atoms with Gasteiger partial charge in [0.25, 0.3) is 0 Å². The lowest BCUT2D eigenvalue weighted by molar-refractivity contribution is -0.126. The van der Waals surface area contributed by atoms with E-state index in [1.54, 1.807) is 16.2 Å². The number of carbonyl (C=O) groups excluding carboxylic acids is 2. The topological polar surface area (TPSA) is 52.7 Å². The number of likely N-dealkylation sites (N-methyl/N-ethyl adjacent to an activating group) is 1. The lowest BCUT2D eigenvalue weighted by Gasteiger charge is -2.24. The van der Waals surface area contributed by atoms with Crippen molar-refractivity contribution in [2.24, 2.45) is 5.92 Å². The van der Waals surface area contributed by atoms with Crippen LogP contribution in [-0.2, 0) is 9.59 Å². The first-order valence-electron chi connectivity index (χ1n) is 9.80. The minimum Gasteiger partial charge on any atom is -0.354 e. The molecule has 0 bridgehead atoms. The molecule has 1 fully saturated rings. The fourth-order valence-corrected chi connectivity index (χ4v) is 4.84. The van der Waals surface area contributed by atoms with Gasteiger partial charge in [-0.15, -0.1) is 11.3 Å². The monoisotopic (exact) mass is 407 g/mol. The number of nitrogens with zero attached hydrogens (tertiary/aromatic N) is 2. The molecular formula is C23H25N3O2S. The second-order valence-corrected chi connectivity index (χ2v) is 8.62. The summed E-state index contributed by atoms with van der Waals surface area (Å²) in [5, 5.41) is 7.25. The van der Waals surface area contributed by atoms with Crippen molar-refractivity contribution in [3.05, 3.63) is 64.9 Å². The molecule has 2 atom stereocenters. The fourth-order valence-electron chi connectivity index (χ4n) is 3.92. The SMILES string of the molecule is CN(C)C(CNC(=O)C1CC(=O)N(c2cccc3ccccc23)C1)c1cccs1. The van der Waals surface area contributed by atoms with E-state index in [0.29, 0.717) is 13.1 Å². The van der Waals surface area contributed by atoms with Crippen molar-refractivity contribution in [3.8, 4) is 0 Å². The summed E-state index contributed by atoms with van der Waals surface area (Å²) >= 11 is 1.69. The van der Waals surface area contributed by atoms with Crippen molar-refractivity contribution in [3.63, 3.8) is 0 Å². The van der Waals surface area contributed by atoms with Gasteiger partial charge in [-0.05, 0) is 37.0 Å². The molecule has 1 N–H and O–H groups in total. The van der Waals surface area contributed by atoms with Crippen LogP contribution in [0.2, 0.25) is 0 Å². The molecule has 29 heavy (non-hydrogen) atoms. The summed E-state index contributed by atoms with van der Waals surface area (Å²) in [6.07, 6.45) is 0.251. The molecule has 5 nitrogen and oxygen atoms in total. The quantitative estimate of drug-likeness (QED) is 0.678. The van der Waals surface area contributed by atoms with E-state index in [-0.39, 0.29) is 30.2 Å². The van der Waals surface area contributed by atoms with Crippen LogP contribution in [0.4, 0.5) is 5.69 Å². The van der Waals surface area contributed by atoms with E-state index in [2.05, 4.69) is 16.3 Å². The molecule has 1 saturated heterocycles. The molecule has 0 radical (unpaired) electrons. The van der Waals surface area contributed by atoms with Gasteiger partial charge in [-0.3, -0.25) is 9.59 Å². The molecule has 3 aromatic rings. The molecule has 150 valence electrons. The molecule has 2 heterocycles. The van der Waals surface area contributed by atoms with E-state index < -0.39 is 0 Å². The number of benzene rings is 2. The summed E-state index contributed by atoms with van der Waals surface area (Å²) in [5.41, 5.74) is 0.883. The van der Waals surface area contributed by atoms with E-state index in [1.807, 2.05) is 68.0 Å². The first-order valence-corrected chi connectivity index (χ1v) is 10.7. The van der Waals surface area contributed by atoms with Crippen LogP contribution in [0.25, 0.3) is 10.8 Å². The maximum Gasteiger partial charge on any atom is 0.227 e. The number of amides is 2. The van der Waals surface area contributed by atoms with Crippen molar-refractivity contribution in [2.45, 2.75) is 12.5 Å². The van der Waals surface area contributed by atoms with Crippen molar-refractivity contribution >= 4 is 39.6 Å². The summed E-state index contributed by atoms with van der Waals surface area (Å²) in [4.78, 5) is 30.6. The lowest BCUT2D eigenvalue weighted by Crippen LogP contribution is -2.38. The highest BCUT2D eigenvalue weighted by Crippen LogP contribution is 2.32. The first kappa shape index (κ1) is 19.6. The van der Waals surface area contributed by atoms with E-state index in [1.165, 1.54) is 4.88 Å². The predicted octanol–water partition coefficient (Wildman–Crippen LogP) is 3.67. The minimum atomic E-state index is -0.326. The number of anilines is 1. The van der Waals surface area contributed by atoms with Gasteiger partial charge < -0.3 is 15.1 Å². The number of rotatable bonds is 6. The number of fused-ring (bicyclic) bond motifs is 1. The van der Waals surface area contributed by atoms with Gasteiger partial charge in [0.05, 0.1) is 17.6 Å². The average Bonchev–Trinajstić information content (AvgIpc) is 3.37. The van der Waals surface area contributed by atoms with Gasteiger partial charge in [0.15, 0.2) is 0 Å². The van der Waals surface area contributed by atoms with Crippen LogP contribution in [0.3, 0.4) is 0 Å². The molecule has 2 amide bonds. The molecule has 1 aromatic heterocycles. The van der Waals surface area contributed by atoms with Gasteiger partial charge in [-0.25, -0.2) is 0 Å². The summed E-state index contributed by atoms with van der Waals surface area (Å²) in [6, 6.07) is 18.2. The Morgan fingerprint density at radius 3 is 2.72 bits per heavy atom. The van der Waals surface area contributed by atoms with E-state index in [0.717, 1.165) is 16.5 Å². The Balaban J connectivity index is 1.45. The zero-order valence-electron chi connectivity index (χ0n) is 16.7. The van der Waals surface area contributed by atoms with Gasteiger partial charge in [0.2, 0.25) is 11.8 Å². The molecule has 6 heteroatoms. The average molecular weight is 408 g/mol.